The number of hydrogen-bond acceptors (Lipinski definition) is 7. The molecule has 2 fully saturated rings. The monoisotopic (exact) mass is 468 g/mol. The minimum Gasteiger partial charge on any atom is -0.391 e. The van der Waals surface area contributed by atoms with Gasteiger partial charge in [-0.15, -0.1) is 0 Å². The van der Waals surface area contributed by atoms with Crippen molar-refractivity contribution in [2.24, 2.45) is 5.92 Å². The minimum absolute atomic E-state index is 0.0859. The smallest absolute Gasteiger partial charge is 0.315 e. The van der Waals surface area contributed by atoms with Crippen molar-refractivity contribution in [3.63, 3.8) is 0 Å². The molecule has 2 unspecified atom stereocenters. The first-order valence-electron chi connectivity index (χ1n) is 12.6. The zero-order valence-corrected chi connectivity index (χ0v) is 20.1. The van der Waals surface area contributed by atoms with E-state index in [-0.39, 0.29) is 30.1 Å². The Balaban J connectivity index is 1.33. The molecule has 3 heterocycles. The van der Waals surface area contributed by atoms with Gasteiger partial charge < -0.3 is 30.7 Å². The lowest BCUT2D eigenvalue weighted by Gasteiger charge is -2.36. The van der Waals surface area contributed by atoms with Crippen LogP contribution in [0.4, 0.5) is 10.6 Å². The molecule has 1 saturated heterocycles. The molecule has 2 amide bonds. The molecule has 1 aromatic heterocycles. The fourth-order valence-electron chi connectivity index (χ4n) is 5.37. The largest absolute Gasteiger partial charge is 0.391 e. The van der Waals surface area contributed by atoms with Gasteiger partial charge in [0.1, 0.15) is 5.82 Å². The number of carbonyl (C=O) groups is 1. The zero-order chi connectivity index (χ0) is 23.7. The van der Waals surface area contributed by atoms with Crippen molar-refractivity contribution in [2.45, 2.75) is 70.3 Å². The Morgan fingerprint density at radius 3 is 2.91 bits per heavy atom. The highest BCUT2D eigenvalue weighted by Crippen LogP contribution is 2.30. The molecule has 9 nitrogen and oxygen atoms in total. The molecular weight excluding hydrogens is 432 g/mol. The lowest BCUT2D eigenvalue weighted by atomic mass is 9.92. The summed E-state index contributed by atoms with van der Waals surface area (Å²) in [6.07, 6.45) is 9.16. The molecule has 0 bridgehead atoms. The summed E-state index contributed by atoms with van der Waals surface area (Å²) in [7, 11) is 0. The molecule has 5 rings (SSSR count). The highest BCUT2D eigenvalue weighted by Gasteiger charge is 2.30. The summed E-state index contributed by atoms with van der Waals surface area (Å²) < 4.78 is 5.66. The van der Waals surface area contributed by atoms with E-state index >= 15 is 0 Å². The number of fused-ring (bicyclic) bond motifs is 1. The molecule has 4 N–H and O–H groups in total. The minimum atomic E-state index is -0.449. The maximum Gasteiger partial charge on any atom is 0.315 e. The van der Waals surface area contributed by atoms with Gasteiger partial charge in [0.25, 0.3) is 0 Å². The Labute approximate surface area is 201 Å². The summed E-state index contributed by atoms with van der Waals surface area (Å²) in [4.78, 5) is 24.8. The SMILES string of the molecule is CC1C=C(c2nc3c(c(N4CCOC[C@@H]4C)n2)CCNC3)C=CC1NC(=O)N[C@H]1CCC[C@@H]1O. The van der Waals surface area contributed by atoms with Crippen molar-refractivity contribution in [1.82, 2.24) is 25.9 Å². The lowest BCUT2D eigenvalue weighted by Crippen LogP contribution is -2.49. The summed E-state index contributed by atoms with van der Waals surface area (Å²) in [5.74, 6) is 1.85. The number of amides is 2. The van der Waals surface area contributed by atoms with Crippen LogP contribution < -0.4 is 20.9 Å². The number of rotatable bonds is 4. The topological polar surface area (TPSA) is 112 Å². The number of anilines is 1. The quantitative estimate of drug-likeness (QED) is 0.530. The molecule has 9 heteroatoms. The van der Waals surface area contributed by atoms with Gasteiger partial charge in [0, 0.05) is 24.2 Å². The number of hydrogen-bond donors (Lipinski definition) is 4. The molecule has 5 atom stereocenters. The van der Waals surface area contributed by atoms with E-state index in [2.05, 4.69) is 40.8 Å². The van der Waals surface area contributed by atoms with Crippen LogP contribution in [0.25, 0.3) is 5.57 Å². The van der Waals surface area contributed by atoms with Crippen LogP contribution >= 0.6 is 0 Å². The first kappa shape index (κ1) is 23.3. The Kier molecular flexibility index (Phi) is 6.85. The van der Waals surface area contributed by atoms with Crippen LogP contribution in [0.15, 0.2) is 18.2 Å². The number of nitrogens with zero attached hydrogens (tertiary/aromatic N) is 3. The number of aliphatic hydroxyl groups is 1. The molecule has 2 aliphatic carbocycles. The van der Waals surface area contributed by atoms with Gasteiger partial charge >= 0.3 is 6.03 Å². The van der Waals surface area contributed by atoms with Gasteiger partial charge in [-0.1, -0.05) is 25.2 Å². The number of aromatic nitrogens is 2. The van der Waals surface area contributed by atoms with E-state index in [0.717, 1.165) is 68.2 Å². The van der Waals surface area contributed by atoms with Gasteiger partial charge in [-0.05, 0) is 45.1 Å². The van der Waals surface area contributed by atoms with E-state index in [1.165, 1.54) is 5.56 Å². The standard InChI is InChI=1S/C25H36N6O3/c1-15-12-17(6-7-19(15)28-25(33)29-20-4-3-5-22(20)32)23-27-21-13-26-9-8-18(21)24(30-23)31-10-11-34-14-16(31)2/h6-7,12,15-16,19-20,22,26,32H,3-5,8-11,13-14H2,1-2H3,(H2,28,29,33)/t15?,16-,19?,20-,22-/m0/s1. The molecule has 184 valence electrons. The summed E-state index contributed by atoms with van der Waals surface area (Å²) in [6, 6.07) is -0.243. The number of urea groups is 1. The Hall–Kier alpha value is -2.49. The van der Waals surface area contributed by atoms with E-state index < -0.39 is 6.10 Å². The Morgan fingerprint density at radius 1 is 1.26 bits per heavy atom. The van der Waals surface area contributed by atoms with Crippen LogP contribution in [0.5, 0.6) is 0 Å². The van der Waals surface area contributed by atoms with E-state index in [4.69, 9.17) is 14.7 Å². The molecule has 2 aliphatic heterocycles. The second-order valence-corrected chi connectivity index (χ2v) is 9.93. The van der Waals surface area contributed by atoms with Crippen molar-refractivity contribution >= 4 is 17.4 Å². The zero-order valence-electron chi connectivity index (χ0n) is 20.1. The fraction of sp³-hybridized carbons (Fsp3) is 0.640. The average Bonchev–Trinajstić information content (AvgIpc) is 3.24. The average molecular weight is 469 g/mol. The van der Waals surface area contributed by atoms with Crippen molar-refractivity contribution in [1.29, 1.82) is 0 Å². The fourth-order valence-corrected chi connectivity index (χ4v) is 5.37. The first-order chi connectivity index (χ1) is 16.5. The Morgan fingerprint density at radius 2 is 2.15 bits per heavy atom. The highest BCUT2D eigenvalue weighted by atomic mass is 16.5. The van der Waals surface area contributed by atoms with Crippen LogP contribution in [0, 0.1) is 5.92 Å². The molecule has 0 radical (unpaired) electrons. The van der Waals surface area contributed by atoms with Crippen molar-refractivity contribution < 1.29 is 14.6 Å². The Bertz CT molecular complexity index is 980. The second kappa shape index (κ2) is 10.0. The summed E-state index contributed by atoms with van der Waals surface area (Å²) in [5.41, 5.74) is 3.30. The predicted molar refractivity (Wildman–Crippen MR) is 130 cm³/mol. The number of allylic oxidation sites excluding steroid dienone is 2. The third kappa shape index (κ3) is 4.82. The van der Waals surface area contributed by atoms with Crippen molar-refractivity contribution in [3.05, 3.63) is 35.3 Å². The van der Waals surface area contributed by atoms with E-state index in [1.807, 2.05) is 12.2 Å². The number of carbonyl (C=O) groups excluding carboxylic acids is 1. The van der Waals surface area contributed by atoms with Crippen molar-refractivity contribution in [3.8, 4) is 0 Å². The van der Waals surface area contributed by atoms with E-state index in [0.29, 0.717) is 13.2 Å². The second-order valence-electron chi connectivity index (χ2n) is 9.93. The van der Waals surface area contributed by atoms with Crippen LogP contribution in [-0.4, -0.2) is 71.6 Å². The van der Waals surface area contributed by atoms with Gasteiger partial charge in [-0.2, -0.15) is 0 Å². The van der Waals surface area contributed by atoms with Crippen molar-refractivity contribution in [2.75, 3.05) is 31.2 Å². The van der Waals surface area contributed by atoms with Gasteiger partial charge in [0.05, 0.1) is 43.1 Å². The molecule has 1 aromatic rings. The summed E-state index contributed by atoms with van der Waals surface area (Å²) >= 11 is 0. The number of morpholine rings is 1. The lowest BCUT2D eigenvalue weighted by molar-refractivity contribution is 0.0984. The molecule has 34 heavy (non-hydrogen) atoms. The van der Waals surface area contributed by atoms with E-state index in [9.17, 15) is 9.90 Å². The number of ether oxygens (including phenoxy) is 1. The number of aliphatic hydroxyl groups excluding tert-OH is 1. The van der Waals surface area contributed by atoms with Crippen LogP contribution in [0.3, 0.4) is 0 Å². The van der Waals surface area contributed by atoms with E-state index in [1.54, 1.807) is 0 Å². The summed E-state index contributed by atoms with van der Waals surface area (Å²) in [5, 5.41) is 19.4. The van der Waals surface area contributed by atoms with Gasteiger partial charge in [-0.25, -0.2) is 14.8 Å². The number of nitrogens with one attached hydrogen (secondary N) is 3. The molecule has 0 aromatic carbocycles. The van der Waals surface area contributed by atoms with Gasteiger partial charge in [0.2, 0.25) is 0 Å². The third-order valence-corrected chi connectivity index (χ3v) is 7.40. The molecular formula is C25H36N6O3. The normalized spacial score (nSPS) is 31.1. The van der Waals surface area contributed by atoms with Crippen LogP contribution in [0.1, 0.15) is 50.2 Å². The van der Waals surface area contributed by atoms with Gasteiger partial charge in [0.15, 0.2) is 5.82 Å². The summed E-state index contributed by atoms with van der Waals surface area (Å²) in [6.45, 7) is 8.21. The molecule has 4 aliphatic rings. The maximum absolute atomic E-state index is 12.5. The molecule has 0 spiro atoms. The molecule has 1 saturated carbocycles. The first-order valence-corrected chi connectivity index (χ1v) is 12.6. The van der Waals surface area contributed by atoms with Crippen LogP contribution in [0.2, 0.25) is 0 Å². The van der Waals surface area contributed by atoms with Gasteiger partial charge in [-0.3, -0.25) is 0 Å². The predicted octanol–water partition coefficient (Wildman–Crippen LogP) is 1.52. The maximum atomic E-state index is 12.5. The third-order valence-electron chi connectivity index (χ3n) is 7.40. The highest BCUT2D eigenvalue weighted by molar-refractivity contribution is 5.77. The van der Waals surface area contributed by atoms with Crippen LogP contribution in [-0.2, 0) is 17.7 Å².